The van der Waals surface area contributed by atoms with E-state index in [1.807, 2.05) is 0 Å². The zero-order valence-corrected chi connectivity index (χ0v) is 22.3. The Morgan fingerprint density at radius 3 is 1.47 bits per heavy atom. The number of hydrogen-bond acceptors (Lipinski definition) is 1. The van der Waals surface area contributed by atoms with E-state index in [-0.39, 0.29) is 11.0 Å². The van der Waals surface area contributed by atoms with Gasteiger partial charge in [-0.2, -0.15) is 0 Å². The molecule has 1 aliphatic rings. The lowest BCUT2D eigenvalue weighted by atomic mass is 9.42. The van der Waals surface area contributed by atoms with Gasteiger partial charge in [0.2, 0.25) is 0 Å². The van der Waals surface area contributed by atoms with E-state index >= 15 is 0 Å². The molecule has 0 spiro atoms. The van der Waals surface area contributed by atoms with Crippen molar-refractivity contribution < 1.29 is 0 Å². The molecule has 1 aliphatic carbocycles. The molecule has 0 aromatic carbocycles. The molecule has 3 unspecified atom stereocenters. The quantitative estimate of drug-likeness (QED) is 0.232. The minimum absolute atomic E-state index is 0.0328. The van der Waals surface area contributed by atoms with Gasteiger partial charge in [-0.15, -0.1) is 0 Å². The van der Waals surface area contributed by atoms with Crippen molar-refractivity contribution >= 4 is 0 Å². The Bertz CT molecular complexity index is 441. The first kappa shape index (κ1) is 28.0. The van der Waals surface area contributed by atoms with E-state index in [1.54, 1.807) is 0 Å². The maximum absolute atomic E-state index is 7.39. The van der Waals surface area contributed by atoms with Gasteiger partial charge in [0.15, 0.2) is 0 Å². The topological polar surface area (TPSA) is 26.0 Å². The highest BCUT2D eigenvalue weighted by molar-refractivity contribution is 5.18. The summed E-state index contributed by atoms with van der Waals surface area (Å²) >= 11 is 0. The Morgan fingerprint density at radius 1 is 0.600 bits per heavy atom. The summed E-state index contributed by atoms with van der Waals surface area (Å²) in [6.45, 7) is 17.3. The zero-order chi connectivity index (χ0) is 22.7. The Balaban J connectivity index is 3.39. The van der Waals surface area contributed by atoms with Gasteiger partial charge in [-0.1, -0.05) is 119 Å². The van der Waals surface area contributed by atoms with Gasteiger partial charge in [-0.25, -0.2) is 0 Å². The SMILES string of the molecule is CCCCCCC(C)(CCCCCC)C1(C(C)(CCC)CCCC)CCCC1(C)N. The number of hydrogen-bond donors (Lipinski definition) is 1. The summed E-state index contributed by atoms with van der Waals surface area (Å²) in [5.41, 5.74) is 8.36. The Hall–Kier alpha value is -0.0400. The zero-order valence-electron chi connectivity index (χ0n) is 22.3. The van der Waals surface area contributed by atoms with Crippen LogP contribution in [0.4, 0.5) is 0 Å². The van der Waals surface area contributed by atoms with Gasteiger partial charge in [0.1, 0.15) is 0 Å². The molecule has 0 heterocycles. The lowest BCUT2D eigenvalue weighted by Crippen LogP contribution is -2.64. The molecule has 2 N–H and O–H groups in total. The Labute approximate surface area is 191 Å². The van der Waals surface area contributed by atoms with Crippen LogP contribution in [0.5, 0.6) is 0 Å². The van der Waals surface area contributed by atoms with E-state index in [2.05, 4.69) is 48.5 Å². The van der Waals surface area contributed by atoms with E-state index in [4.69, 9.17) is 5.73 Å². The first-order chi connectivity index (χ1) is 14.2. The van der Waals surface area contributed by atoms with Gasteiger partial charge in [-0.3, -0.25) is 0 Å². The van der Waals surface area contributed by atoms with E-state index in [9.17, 15) is 0 Å². The maximum atomic E-state index is 7.39. The van der Waals surface area contributed by atoms with Gasteiger partial charge >= 0.3 is 0 Å². The molecular formula is C29H59N. The molecule has 0 aliphatic heterocycles. The summed E-state index contributed by atoms with van der Waals surface area (Å²) in [4.78, 5) is 0. The average molecular weight is 422 g/mol. The van der Waals surface area contributed by atoms with Crippen LogP contribution in [0.3, 0.4) is 0 Å². The van der Waals surface area contributed by atoms with Crippen molar-refractivity contribution in [3.8, 4) is 0 Å². The van der Waals surface area contributed by atoms with Crippen LogP contribution >= 0.6 is 0 Å². The van der Waals surface area contributed by atoms with Crippen LogP contribution in [-0.2, 0) is 0 Å². The highest BCUT2D eigenvalue weighted by atomic mass is 14.9. The molecule has 0 saturated heterocycles. The van der Waals surface area contributed by atoms with Gasteiger partial charge in [0, 0.05) is 5.54 Å². The molecule has 180 valence electrons. The molecule has 0 bridgehead atoms. The molecule has 0 amide bonds. The summed E-state index contributed by atoms with van der Waals surface area (Å²) in [5.74, 6) is 0. The average Bonchev–Trinajstić information content (AvgIpc) is 3.04. The predicted molar refractivity (Wildman–Crippen MR) is 137 cm³/mol. The van der Waals surface area contributed by atoms with Gasteiger partial charge < -0.3 is 5.73 Å². The second-order valence-corrected chi connectivity index (χ2v) is 11.8. The van der Waals surface area contributed by atoms with Gasteiger partial charge in [-0.05, 0) is 61.7 Å². The molecule has 1 fully saturated rings. The van der Waals surface area contributed by atoms with Gasteiger partial charge in [0.25, 0.3) is 0 Å². The summed E-state index contributed by atoms with van der Waals surface area (Å²) in [7, 11) is 0. The minimum Gasteiger partial charge on any atom is -0.325 e. The molecule has 0 aromatic heterocycles. The van der Waals surface area contributed by atoms with Crippen molar-refractivity contribution in [2.24, 2.45) is 22.0 Å². The normalized spacial score (nSPS) is 26.8. The van der Waals surface area contributed by atoms with Crippen LogP contribution in [0, 0.1) is 16.2 Å². The highest BCUT2D eigenvalue weighted by Gasteiger charge is 2.65. The van der Waals surface area contributed by atoms with Crippen LogP contribution in [0.25, 0.3) is 0 Å². The molecule has 1 nitrogen and oxygen atoms in total. The molecule has 1 saturated carbocycles. The fourth-order valence-electron chi connectivity index (χ4n) is 8.04. The molecule has 0 aromatic rings. The third-order valence-electron chi connectivity index (χ3n) is 9.33. The van der Waals surface area contributed by atoms with E-state index in [0.29, 0.717) is 10.8 Å². The van der Waals surface area contributed by atoms with Crippen LogP contribution in [0.1, 0.15) is 164 Å². The van der Waals surface area contributed by atoms with Crippen LogP contribution in [0.15, 0.2) is 0 Å². The molecule has 3 atom stereocenters. The number of unbranched alkanes of at least 4 members (excludes halogenated alkanes) is 7. The summed E-state index contributed by atoms with van der Waals surface area (Å²) in [6, 6.07) is 0. The maximum Gasteiger partial charge on any atom is 0.0193 e. The first-order valence-corrected chi connectivity index (χ1v) is 14.0. The molecule has 30 heavy (non-hydrogen) atoms. The van der Waals surface area contributed by atoms with Gasteiger partial charge in [0.05, 0.1) is 0 Å². The highest BCUT2D eigenvalue weighted by Crippen LogP contribution is 2.70. The predicted octanol–water partition coefficient (Wildman–Crippen LogP) is 9.82. The van der Waals surface area contributed by atoms with Crippen molar-refractivity contribution in [3.63, 3.8) is 0 Å². The second kappa shape index (κ2) is 12.9. The second-order valence-electron chi connectivity index (χ2n) is 11.8. The minimum atomic E-state index is -0.0328. The molecule has 1 heteroatoms. The van der Waals surface area contributed by atoms with Crippen LogP contribution in [0.2, 0.25) is 0 Å². The fourth-order valence-corrected chi connectivity index (χ4v) is 8.04. The molecule has 0 radical (unpaired) electrons. The third kappa shape index (κ3) is 6.05. The summed E-state index contributed by atoms with van der Waals surface area (Å²) in [5, 5.41) is 0. The van der Waals surface area contributed by atoms with Crippen LogP contribution < -0.4 is 5.73 Å². The Morgan fingerprint density at radius 2 is 1.07 bits per heavy atom. The van der Waals surface area contributed by atoms with Crippen molar-refractivity contribution in [1.82, 2.24) is 0 Å². The monoisotopic (exact) mass is 421 g/mol. The number of rotatable bonds is 17. The largest absolute Gasteiger partial charge is 0.325 e. The molecule has 1 rings (SSSR count). The van der Waals surface area contributed by atoms with Crippen LogP contribution in [-0.4, -0.2) is 5.54 Å². The smallest absolute Gasteiger partial charge is 0.0193 e. The lowest BCUT2D eigenvalue weighted by Gasteiger charge is -2.64. The summed E-state index contributed by atoms with van der Waals surface area (Å²) < 4.78 is 0. The van der Waals surface area contributed by atoms with Crippen molar-refractivity contribution in [1.29, 1.82) is 0 Å². The standard InChI is InChI=1S/C29H59N/c1-8-12-15-17-22-27(6,23-18-16-13-9-2)29(25-19-24-28(29,7)30)26(5,20-11-4)21-14-10-3/h8-25,30H2,1-7H3. The lowest BCUT2D eigenvalue weighted by molar-refractivity contribution is -0.130. The molecular weight excluding hydrogens is 362 g/mol. The van der Waals surface area contributed by atoms with Crippen molar-refractivity contribution in [2.75, 3.05) is 0 Å². The summed E-state index contributed by atoms with van der Waals surface area (Å²) in [6.07, 6.45) is 24.4. The van der Waals surface area contributed by atoms with E-state index in [1.165, 1.54) is 116 Å². The number of nitrogens with two attached hydrogens (primary N) is 1. The van der Waals surface area contributed by atoms with Crippen molar-refractivity contribution in [3.05, 3.63) is 0 Å². The Kier molecular flexibility index (Phi) is 12.0. The van der Waals surface area contributed by atoms with Crippen molar-refractivity contribution in [2.45, 2.75) is 170 Å². The third-order valence-corrected chi connectivity index (χ3v) is 9.33. The first-order valence-electron chi connectivity index (χ1n) is 14.0. The van der Waals surface area contributed by atoms with E-state index < -0.39 is 0 Å². The van der Waals surface area contributed by atoms with E-state index in [0.717, 1.165) is 0 Å². The fraction of sp³-hybridized carbons (Fsp3) is 1.00.